The number of hydrogen-bond acceptors (Lipinski definition) is 4. The minimum atomic E-state index is 0.852. The Balaban J connectivity index is 0.999. The minimum Gasteiger partial charge on any atom is -0.456 e. The molecule has 0 saturated heterocycles. The van der Waals surface area contributed by atoms with Gasteiger partial charge in [0.1, 0.15) is 22.3 Å². The van der Waals surface area contributed by atoms with Gasteiger partial charge >= 0.3 is 0 Å². The van der Waals surface area contributed by atoms with Crippen LogP contribution < -0.4 is 9.80 Å². The van der Waals surface area contributed by atoms with Crippen LogP contribution in [-0.4, -0.2) is 0 Å². The molecule has 2 heterocycles. The van der Waals surface area contributed by atoms with Crippen LogP contribution in [0.25, 0.3) is 65.4 Å². The number of anilines is 6. The van der Waals surface area contributed by atoms with Crippen molar-refractivity contribution in [2.24, 2.45) is 0 Å². The molecular formula is C56H44N2O2. The molecule has 2 aromatic heterocycles. The molecule has 0 atom stereocenters. The van der Waals surface area contributed by atoms with Crippen LogP contribution in [0.2, 0.25) is 0 Å². The smallest absolute Gasteiger partial charge is 0.136 e. The van der Waals surface area contributed by atoms with Gasteiger partial charge in [-0.1, -0.05) is 59.7 Å². The highest BCUT2D eigenvalue weighted by Crippen LogP contribution is 2.43. The Bertz CT molecular complexity index is 3260. The minimum absolute atomic E-state index is 0.852. The molecule has 4 nitrogen and oxygen atoms in total. The van der Waals surface area contributed by atoms with Crippen LogP contribution >= 0.6 is 0 Å². The highest BCUT2D eigenvalue weighted by atomic mass is 16.3. The normalized spacial score (nSPS) is 11.8. The summed E-state index contributed by atoms with van der Waals surface area (Å²) >= 11 is 0. The summed E-state index contributed by atoms with van der Waals surface area (Å²) in [4.78, 5) is 4.67. The number of furan rings is 2. The Labute approximate surface area is 349 Å². The average molecular weight is 777 g/mol. The average Bonchev–Trinajstić information content (AvgIpc) is 3.77. The van der Waals surface area contributed by atoms with Crippen molar-refractivity contribution in [3.8, 4) is 0 Å². The molecule has 9 aromatic carbocycles. The van der Waals surface area contributed by atoms with Crippen molar-refractivity contribution in [1.29, 1.82) is 0 Å². The monoisotopic (exact) mass is 776 g/mol. The highest BCUT2D eigenvalue weighted by molar-refractivity contribution is 6.18. The summed E-state index contributed by atoms with van der Waals surface area (Å²) in [5, 5.41) is 8.82. The van der Waals surface area contributed by atoms with Gasteiger partial charge in [-0.15, -0.1) is 0 Å². The zero-order valence-electron chi connectivity index (χ0n) is 34.7. The second-order valence-electron chi connectivity index (χ2n) is 16.7. The predicted molar refractivity (Wildman–Crippen MR) is 254 cm³/mol. The Morgan fingerprint density at radius 3 is 1.00 bits per heavy atom. The molecule has 11 rings (SSSR count). The number of hydrogen-bond donors (Lipinski definition) is 0. The molecule has 0 aliphatic heterocycles. The first-order valence-corrected chi connectivity index (χ1v) is 20.7. The van der Waals surface area contributed by atoms with Gasteiger partial charge in [0.15, 0.2) is 0 Å². The van der Waals surface area contributed by atoms with Crippen molar-refractivity contribution in [3.63, 3.8) is 0 Å². The van der Waals surface area contributed by atoms with E-state index in [1.807, 2.05) is 0 Å². The quantitative estimate of drug-likeness (QED) is 0.168. The van der Waals surface area contributed by atoms with E-state index in [1.54, 1.807) is 0 Å². The zero-order chi connectivity index (χ0) is 40.8. The molecule has 0 aliphatic carbocycles. The van der Waals surface area contributed by atoms with Crippen molar-refractivity contribution in [2.75, 3.05) is 9.80 Å². The van der Waals surface area contributed by atoms with Gasteiger partial charge in [0, 0.05) is 55.7 Å². The molecule has 0 amide bonds. The SMILES string of the molecule is Cc1ccc(N(c2ccc(C)c(C)c2)c2ccc3cc4c(cc3c2)oc2cc3c(cc24)oc2cc4cc(N(c5ccc(C)cc5)c5ccc(C)c(C)c5)ccc4cc23)cc1. The largest absolute Gasteiger partial charge is 0.456 e. The van der Waals surface area contributed by atoms with Crippen LogP contribution in [-0.2, 0) is 0 Å². The third kappa shape index (κ3) is 5.98. The molecule has 11 aromatic rings. The standard InChI is InChI=1S/C56H44N2O2/c1-33-7-15-43(16-8-33)57(45-19-11-35(3)37(5)23-45)47-21-13-39-27-49-51-31-56-52(32-55(51)59-53(49)29-41(39)25-47)50-28-40-14-22-48(26-42(40)30-54(50)60-56)58(44-17-9-34(2)10-18-44)46-20-12-36(4)38(6)24-46/h7-32H,1-6H3. The highest BCUT2D eigenvalue weighted by Gasteiger charge is 2.19. The van der Waals surface area contributed by atoms with Gasteiger partial charge in [0.05, 0.1) is 0 Å². The first kappa shape index (κ1) is 35.8. The summed E-state index contributed by atoms with van der Waals surface area (Å²) in [6, 6.07) is 57.5. The van der Waals surface area contributed by atoms with E-state index in [9.17, 15) is 0 Å². The van der Waals surface area contributed by atoms with E-state index in [0.717, 1.165) is 99.5 Å². The second kappa shape index (κ2) is 13.6. The van der Waals surface area contributed by atoms with Crippen LogP contribution in [0, 0.1) is 41.5 Å². The second-order valence-corrected chi connectivity index (χ2v) is 16.7. The fourth-order valence-corrected chi connectivity index (χ4v) is 8.79. The zero-order valence-corrected chi connectivity index (χ0v) is 34.7. The topological polar surface area (TPSA) is 32.8 Å². The van der Waals surface area contributed by atoms with E-state index in [1.165, 1.54) is 33.4 Å². The van der Waals surface area contributed by atoms with Crippen molar-refractivity contribution >= 4 is 99.5 Å². The van der Waals surface area contributed by atoms with E-state index in [2.05, 4.69) is 209 Å². The van der Waals surface area contributed by atoms with Crippen LogP contribution in [0.3, 0.4) is 0 Å². The fraction of sp³-hybridized carbons (Fsp3) is 0.107. The Morgan fingerprint density at radius 1 is 0.267 bits per heavy atom. The lowest BCUT2D eigenvalue weighted by Crippen LogP contribution is -2.10. The number of benzene rings is 9. The summed E-state index contributed by atoms with van der Waals surface area (Å²) < 4.78 is 13.3. The van der Waals surface area contributed by atoms with Crippen LogP contribution in [0.1, 0.15) is 33.4 Å². The first-order chi connectivity index (χ1) is 29.1. The van der Waals surface area contributed by atoms with E-state index >= 15 is 0 Å². The molecule has 4 heteroatoms. The first-order valence-electron chi connectivity index (χ1n) is 20.7. The fourth-order valence-electron chi connectivity index (χ4n) is 8.79. The Hall–Kier alpha value is -7.30. The molecule has 0 unspecified atom stereocenters. The molecule has 0 spiro atoms. The Morgan fingerprint density at radius 2 is 0.600 bits per heavy atom. The van der Waals surface area contributed by atoms with Crippen molar-refractivity contribution < 1.29 is 8.83 Å². The number of nitrogens with zero attached hydrogens (tertiary/aromatic N) is 2. The summed E-state index contributed by atoms with van der Waals surface area (Å²) in [7, 11) is 0. The van der Waals surface area contributed by atoms with Crippen LogP contribution in [0.15, 0.2) is 167 Å². The molecule has 0 N–H and O–H groups in total. The molecular weight excluding hydrogens is 733 g/mol. The summed E-state index contributed by atoms with van der Waals surface area (Å²) in [5.41, 5.74) is 17.7. The molecule has 0 bridgehead atoms. The predicted octanol–water partition coefficient (Wildman–Crippen LogP) is 16.6. The third-order valence-corrected chi connectivity index (χ3v) is 12.5. The summed E-state index contributed by atoms with van der Waals surface area (Å²) in [5.74, 6) is 0. The number of fused-ring (bicyclic) bond motifs is 8. The number of rotatable bonds is 6. The summed E-state index contributed by atoms with van der Waals surface area (Å²) in [6.07, 6.45) is 0. The van der Waals surface area contributed by atoms with E-state index in [0.29, 0.717) is 0 Å². The van der Waals surface area contributed by atoms with E-state index < -0.39 is 0 Å². The van der Waals surface area contributed by atoms with Crippen molar-refractivity contribution in [3.05, 3.63) is 191 Å². The van der Waals surface area contributed by atoms with Crippen molar-refractivity contribution in [2.45, 2.75) is 41.5 Å². The lowest BCUT2D eigenvalue weighted by atomic mass is 10.0. The van der Waals surface area contributed by atoms with Gasteiger partial charge in [-0.2, -0.15) is 0 Å². The molecule has 0 aliphatic rings. The van der Waals surface area contributed by atoms with E-state index in [4.69, 9.17) is 8.83 Å². The molecule has 60 heavy (non-hydrogen) atoms. The molecule has 290 valence electrons. The maximum atomic E-state index is 6.67. The van der Waals surface area contributed by atoms with Gasteiger partial charge in [0.25, 0.3) is 0 Å². The lowest BCUT2D eigenvalue weighted by molar-refractivity contribution is 0.664. The molecule has 0 fully saturated rings. The molecule has 0 radical (unpaired) electrons. The van der Waals surface area contributed by atoms with Crippen LogP contribution in [0.5, 0.6) is 0 Å². The van der Waals surface area contributed by atoms with Gasteiger partial charge < -0.3 is 18.6 Å². The van der Waals surface area contributed by atoms with Crippen LogP contribution in [0.4, 0.5) is 34.1 Å². The van der Waals surface area contributed by atoms with Gasteiger partial charge in [-0.25, -0.2) is 0 Å². The summed E-state index contributed by atoms with van der Waals surface area (Å²) in [6.45, 7) is 12.9. The lowest BCUT2D eigenvalue weighted by Gasteiger charge is -2.26. The maximum Gasteiger partial charge on any atom is 0.136 e. The van der Waals surface area contributed by atoms with Gasteiger partial charge in [-0.05, 0) is 195 Å². The van der Waals surface area contributed by atoms with Gasteiger partial charge in [-0.3, -0.25) is 0 Å². The van der Waals surface area contributed by atoms with E-state index in [-0.39, 0.29) is 0 Å². The van der Waals surface area contributed by atoms with Crippen molar-refractivity contribution in [1.82, 2.24) is 0 Å². The van der Waals surface area contributed by atoms with Gasteiger partial charge in [0.2, 0.25) is 0 Å². The third-order valence-electron chi connectivity index (χ3n) is 12.5. The maximum absolute atomic E-state index is 6.67. The molecule has 0 saturated carbocycles. The number of aryl methyl sites for hydroxylation is 6. The Kier molecular flexibility index (Phi) is 8.15.